The predicted molar refractivity (Wildman–Crippen MR) is 70.1 cm³/mol. The van der Waals surface area contributed by atoms with E-state index in [4.69, 9.17) is 0 Å². The van der Waals surface area contributed by atoms with Gasteiger partial charge in [-0.15, -0.1) is 0 Å². The molecule has 1 aliphatic rings. The molecule has 1 aliphatic heterocycles. The van der Waals surface area contributed by atoms with E-state index in [0.717, 1.165) is 31.6 Å². The zero-order valence-electron chi connectivity index (χ0n) is 10.4. The van der Waals surface area contributed by atoms with Crippen molar-refractivity contribution in [2.75, 3.05) is 18.0 Å². The van der Waals surface area contributed by atoms with Gasteiger partial charge in [0.15, 0.2) is 0 Å². The first-order valence-corrected chi connectivity index (χ1v) is 6.42. The quantitative estimate of drug-likeness (QED) is 0.866. The van der Waals surface area contributed by atoms with E-state index in [9.17, 15) is 4.79 Å². The molecule has 3 nitrogen and oxygen atoms in total. The molecule has 0 saturated carbocycles. The van der Waals surface area contributed by atoms with Crippen LogP contribution in [0.5, 0.6) is 0 Å². The second-order valence-electron chi connectivity index (χ2n) is 4.42. The van der Waals surface area contributed by atoms with Gasteiger partial charge in [0.1, 0.15) is 0 Å². The summed E-state index contributed by atoms with van der Waals surface area (Å²) in [6.45, 7) is 3.71. The molecule has 1 saturated heterocycles. The molecular formula is C14H20N2O. The number of benzene rings is 1. The van der Waals surface area contributed by atoms with Crippen molar-refractivity contribution in [3.63, 3.8) is 0 Å². The van der Waals surface area contributed by atoms with Gasteiger partial charge in [-0.1, -0.05) is 24.6 Å². The van der Waals surface area contributed by atoms with Gasteiger partial charge in [-0.25, -0.2) is 0 Å². The number of amides is 1. The smallest absolute Gasteiger partial charge is 0.244 e. The molecule has 1 fully saturated rings. The normalized spacial score (nSPS) is 19.9. The Morgan fingerprint density at radius 3 is 2.71 bits per heavy atom. The Bertz CT molecular complexity index is 358. The first kappa shape index (κ1) is 12.1. The molecule has 3 heteroatoms. The maximum absolute atomic E-state index is 12.4. The molecule has 17 heavy (non-hydrogen) atoms. The van der Waals surface area contributed by atoms with Crippen LogP contribution in [-0.4, -0.2) is 25.0 Å². The molecule has 1 heterocycles. The maximum atomic E-state index is 12.4. The van der Waals surface area contributed by atoms with Crippen molar-refractivity contribution >= 4 is 11.6 Å². The van der Waals surface area contributed by atoms with Crippen LogP contribution in [0.15, 0.2) is 30.3 Å². The van der Waals surface area contributed by atoms with Crippen LogP contribution in [0.25, 0.3) is 0 Å². The molecule has 1 atom stereocenters. The lowest BCUT2D eigenvalue weighted by Crippen LogP contribution is -2.48. The number of piperidine rings is 1. The zero-order valence-corrected chi connectivity index (χ0v) is 10.4. The molecule has 1 unspecified atom stereocenters. The van der Waals surface area contributed by atoms with Crippen LogP contribution in [0.1, 0.15) is 26.2 Å². The lowest BCUT2D eigenvalue weighted by Gasteiger charge is -2.29. The molecular weight excluding hydrogens is 212 g/mol. The van der Waals surface area contributed by atoms with Gasteiger partial charge in [0.05, 0.1) is 6.04 Å². The summed E-state index contributed by atoms with van der Waals surface area (Å²) in [5.41, 5.74) is 0.993. The van der Waals surface area contributed by atoms with E-state index >= 15 is 0 Å². The van der Waals surface area contributed by atoms with Crippen LogP contribution < -0.4 is 10.2 Å². The third kappa shape index (κ3) is 2.86. The Labute approximate surface area is 103 Å². The van der Waals surface area contributed by atoms with Gasteiger partial charge in [-0.2, -0.15) is 0 Å². The molecule has 1 aromatic rings. The van der Waals surface area contributed by atoms with Gasteiger partial charge in [0.25, 0.3) is 0 Å². The minimum absolute atomic E-state index is 0.00362. The monoisotopic (exact) mass is 232 g/mol. The molecule has 1 N–H and O–H groups in total. The maximum Gasteiger partial charge on any atom is 0.244 e. The number of nitrogens with one attached hydrogen (secondary N) is 1. The highest BCUT2D eigenvalue weighted by molar-refractivity contribution is 5.97. The van der Waals surface area contributed by atoms with E-state index in [-0.39, 0.29) is 11.9 Å². The summed E-state index contributed by atoms with van der Waals surface area (Å²) >= 11 is 0. The third-order valence-electron chi connectivity index (χ3n) is 3.26. The highest BCUT2D eigenvalue weighted by Gasteiger charge is 2.25. The minimum atomic E-state index is 0.00362. The van der Waals surface area contributed by atoms with Gasteiger partial charge in [-0.3, -0.25) is 4.79 Å². The fourth-order valence-corrected chi connectivity index (χ4v) is 2.32. The number of rotatable bonds is 3. The van der Waals surface area contributed by atoms with E-state index in [0.29, 0.717) is 0 Å². The SMILES string of the molecule is CCN(C(=O)C1CCCCN1)c1ccccc1. The number of carbonyl (C=O) groups excluding carboxylic acids is 1. The van der Waals surface area contributed by atoms with Crippen LogP contribution in [0.2, 0.25) is 0 Å². The van der Waals surface area contributed by atoms with Crippen molar-refractivity contribution in [3.05, 3.63) is 30.3 Å². The van der Waals surface area contributed by atoms with E-state index in [2.05, 4.69) is 5.32 Å². The van der Waals surface area contributed by atoms with Crippen molar-refractivity contribution in [1.29, 1.82) is 0 Å². The van der Waals surface area contributed by atoms with Crippen LogP contribution in [0.4, 0.5) is 5.69 Å². The fourth-order valence-electron chi connectivity index (χ4n) is 2.32. The van der Waals surface area contributed by atoms with Gasteiger partial charge in [0, 0.05) is 12.2 Å². The molecule has 1 aromatic carbocycles. The fraction of sp³-hybridized carbons (Fsp3) is 0.500. The average molecular weight is 232 g/mol. The largest absolute Gasteiger partial charge is 0.311 e. The summed E-state index contributed by atoms with van der Waals surface area (Å²) in [5, 5.41) is 3.31. The van der Waals surface area contributed by atoms with Crippen molar-refractivity contribution in [2.24, 2.45) is 0 Å². The van der Waals surface area contributed by atoms with Crippen molar-refractivity contribution in [3.8, 4) is 0 Å². The number of hydrogen-bond donors (Lipinski definition) is 1. The third-order valence-corrected chi connectivity index (χ3v) is 3.26. The van der Waals surface area contributed by atoms with Crippen LogP contribution >= 0.6 is 0 Å². The van der Waals surface area contributed by atoms with Crippen molar-refractivity contribution in [2.45, 2.75) is 32.2 Å². The molecule has 0 radical (unpaired) electrons. The minimum Gasteiger partial charge on any atom is -0.311 e. The van der Waals surface area contributed by atoms with E-state index in [1.165, 1.54) is 6.42 Å². The molecule has 92 valence electrons. The standard InChI is InChI=1S/C14H20N2O/c1-2-16(12-8-4-3-5-9-12)14(17)13-10-6-7-11-15-13/h3-5,8-9,13,15H,2,6-7,10-11H2,1H3. The van der Waals surface area contributed by atoms with Crippen molar-refractivity contribution < 1.29 is 4.79 Å². The first-order valence-electron chi connectivity index (χ1n) is 6.42. The van der Waals surface area contributed by atoms with E-state index in [1.54, 1.807) is 0 Å². The summed E-state index contributed by atoms with van der Waals surface area (Å²) < 4.78 is 0. The summed E-state index contributed by atoms with van der Waals surface area (Å²) in [6, 6.07) is 9.90. The highest BCUT2D eigenvalue weighted by atomic mass is 16.2. The molecule has 2 rings (SSSR count). The van der Waals surface area contributed by atoms with Gasteiger partial charge >= 0.3 is 0 Å². The predicted octanol–water partition coefficient (Wildman–Crippen LogP) is 2.18. The number of nitrogens with zero attached hydrogens (tertiary/aromatic N) is 1. The summed E-state index contributed by atoms with van der Waals surface area (Å²) in [7, 11) is 0. The Morgan fingerprint density at radius 2 is 2.12 bits per heavy atom. The second kappa shape index (κ2) is 5.82. The number of carbonyl (C=O) groups is 1. The molecule has 1 amide bonds. The van der Waals surface area contributed by atoms with Crippen molar-refractivity contribution in [1.82, 2.24) is 5.32 Å². The van der Waals surface area contributed by atoms with Crippen LogP contribution in [0, 0.1) is 0 Å². The second-order valence-corrected chi connectivity index (χ2v) is 4.42. The zero-order chi connectivity index (χ0) is 12.1. The lowest BCUT2D eigenvalue weighted by atomic mass is 10.0. The molecule has 0 bridgehead atoms. The van der Waals surface area contributed by atoms with Crippen LogP contribution in [0.3, 0.4) is 0 Å². The molecule has 0 aromatic heterocycles. The topological polar surface area (TPSA) is 32.3 Å². The number of likely N-dealkylation sites (N-methyl/N-ethyl adjacent to an activating group) is 1. The Hall–Kier alpha value is -1.35. The summed E-state index contributed by atoms with van der Waals surface area (Å²) in [4.78, 5) is 14.3. The Morgan fingerprint density at radius 1 is 1.35 bits per heavy atom. The number of anilines is 1. The van der Waals surface area contributed by atoms with Gasteiger partial charge in [-0.05, 0) is 38.4 Å². The average Bonchev–Trinajstić information content (AvgIpc) is 2.42. The highest BCUT2D eigenvalue weighted by Crippen LogP contribution is 2.17. The lowest BCUT2D eigenvalue weighted by molar-refractivity contribution is -0.121. The Balaban J connectivity index is 2.10. The number of hydrogen-bond acceptors (Lipinski definition) is 2. The van der Waals surface area contributed by atoms with Gasteiger partial charge in [0.2, 0.25) is 5.91 Å². The van der Waals surface area contributed by atoms with E-state index in [1.807, 2.05) is 42.2 Å². The van der Waals surface area contributed by atoms with E-state index < -0.39 is 0 Å². The summed E-state index contributed by atoms with van der Waals surface area (Å²) in [5.74, 6) is 0.207. The first-order chi connectivity index (χ1) is 8.33. The Kier molecular flexibility index (Phi) is 4.15. The molecule has 0 spiro atoms. The van der Waals surface area contributed by atoms with Crippen LogP contribution in [-0.2, 0) is 4.79 Å². The van der Waals surface area contributed by atoms with Gasteiger partial charge < -0.3 is 10.2 Å². The number of para-hydroxylation sites is 1. The summed E-state index contributed by atoms with van der Waals surface area (Å²) in [6.07, 6.45) is 3.29. The molecule has 0 aliphatic carbocycles.